The van der Waals surface area contributed by atoms with Gasteiger partial charge in [0.15, 0.2) is 0 Å². The third-order valence-electron chi connectivity index (χ3n) is 2.98. The molecule has 19 heavy (non-hydrogen) atoms. The van der Waals surface area contributed by atoms with E-state index in [9.17, 15) is 0 Å². The zero-order chi connectivity index (χ0) is 13.4. The van der Waals surface area contributed by atoms with E-state index in [1.807, 2.05) is 0 Å². The van der Waals surface area contributed by atoms with Crippen LogP contribution in [-0.4, -0.2) is 66.9 Å². The molecule has 2 heterocycles. The SMILES string of the molecule is C(OCC1CO1)C1CO1.CCC[Si](C)(OC)OC.O. The Morgan fingerprint density at radius 1 is 1.05 bits per heavy atom. The number of rotatable bonds is 8. The van der Waals surface area contributed by atoms with E-state index in [-0.39, 0.29) is 5.48 Å². The van der Waals surface area contributed by atoms with Gasteiger partial charge in [-0.3, -0.25) is 0 Å². The summed E-state index contributed by atoms with van der Waals surface area (Å²) >= 11 is 0. The van der Waals surface area contributed by atoms with Crippen molar-refractivity contribution >= 4 is 8.56 Å². The Hall–Kier alpha value is -0.0231. The molecule has 0 aliphatic carbocycles. The van der Waals surface area contributed by atoms with E-state index >= 15 is 0 Å². The molecule has 2 aliphatic rings. The summed E-state index contributed by atoms with van der Waals surface area (Å²) in [7, 11) is 1.76. The standard InChI is InChI=1S/C6H10O3.C6H16O2Si.H2O/c1(5-3-8-5)7-2-6-4-9-6;1-5-6-9(4,7-2)8-3;/h5-6H,1-4H2;5-6H2,1-4H3;1H2. The Kier molecular flexibility index (Phi) is 9.80. The second kappa shape index (κ2) is 9.81. The lowest BCUT2D eigenvalue weighted by molar-refractivity contribution is 0.102. The molecule has 2 aliphatic heterocycles. The van der Waals surface area contributed by atoms with Gasteiger partial charge >= 0.3 is 8.56 Å². The molecule has 0 aromatic heterocycles. The third kappa shape index (κ3) is 9.50. The van der Waals surface area contributed by atoms with Crippen LogP contribution in [0.25, 0.3) is 0 Å². The molecule has 116 valence electrons. The molecule has 0 aromatic rings. The van der Waals surface area contributed by atoms with Gasteiger partial charge in [0, 0.05) is 14.2 Å². The van der Waals surface area contributed by atoms with Gasteiger partial charge in [-0.05, 0) is 12.6 Å². The fourth-order valence-electron chi connectivity index (χ4n) is 1.40. The van der Waals surface area contributed by atoms with Crippen molar-refractivity contribution in [1.29, 1.82) is 0 Å². The molecular formula is C12H28O6Si. The van der Waals surface area contributed by atoms with Crippen LogP contribution in [0.15, 0.2) is 0 Å². The van der Waals surface area contributed by atoms with Crippen molar-refractivity contribution in [2.24, 2.45) is 0 Å². The van der Waals surface area contributed by atoms with E-state index < -0.39 is 8.56 Å². The summed E-state index contributed by atoms with van der Waals surface area (Å²) in [6.45, 7) is 7.48. The first-order valence-corrected chi connectivity index (χ1v) is 9.07. The van der Waals surface area contributed by atoms with E-state index in [4.69, 9.17) is 23.1 Å². The van der Waals surface area contributed by atoms with Crippen LogP contribution < -0.4 is 0 Å². The Bertz CT molecular complexity index is 204. The first kappa shape index (κ1) is 19.0. The molecule has 7 heteroatoms. The lowest BCUT2D eigenvalue weighted by Gasteiger charge is -2.21. The Balaban J connectivity index is 0.000000324. The van der Waals surface area contributed by atoms with Gasteiger partial charge in [-0.25, -0.2) is 0 Å². The van der Waals surface area contributed by atoms with Crippen molar-refractivity contribution in [3.05, 3.63) is 0 Å². The van der Waals surface area contributed by atoms with Crippen LogP contribution in [0.5, 0.6) is 0 Å². The molecule has 2 atom stereocenters. The molecule has 0 aromatic carbocycles. The zero-order valence-corrected chi connectivity index (χ0v) is 13.4. The summed E-state index contributed by atoms with van der Waals surface area (Å²) in [5.41, 5.74) is 0. The highest BCUT2D eigenvalue weighted by Gasteiger charge is 2.27. The lowest BCUT2D eigenvalue weighted by atomic mass is 10.5. The van der Waals surface area contributed by atoms with Crippen LogP contribution in [0.4, 0.5) is 0 Å². The summed E-state index contributed by atoms with van der Waals surface area (Å²) in [5.74, 6) is 0. The minimum atomic E-state index is -1.70. The highest BCUT2D eigenvalue weighted by molar-refractivity contribution is 6.65. The predicted octanol–water partition coefficient (Wildman–Crippen LogP) is 0.737. The van der Waals surface area contributed by atoms with Crippen LogP contribution in [0, 0.1) is 0 Å². The fourth-order valence-corrected chi connectivity index (χ4v) is 2.88. The maximum Gasteiger partial charge on any atom is 0.334 e. The summed E-state index contributed by atoms with van der Waals surface area (Å²) in [4.78, 5) is 0. The smallest absolute Gasteiger partial charge is 0.334 e. The largest absolute Gasteiger partial charge is 0.412 e. The Morgan fingerprint density at radius 3 is 1.68 bits per heavy atom. The van der Waals surface area contributed by atoms with Gasteiger partial charge in [0.25, 0.3) is 0 Å². The first-order valence-electron chi connectivity index (χ1n) is 6.54. The van der Waals surface area contributed by atoms with Crippen LogP contribution in [0.1, 0.15) is 13.3 Å². The second-order valence-electron chi connectivity index (χ2n) is 4.74. The number of epoxide rings is 2. The molecule has 2 N–H and O–H groups in total. The zero-order valence-electron chi connectivity index (χ0n) is 12.4. The monoisotopic (exact) mass is 296 g/mol. The first-order chi connectivity index (χ1) is 8.63. The number of hydrogen-bond acceptors (Lipinski definition) is 5. The van der Waals surface area contributed by atoms with Crippen molar-refractivity contribution in [2.45, 2.75) is 38.1 Å². The lowest BCUT2D eigenvalue weighted by Crippen LogP contribution is -2.35. The third-order valence-corrected chi connectivity index (χ3v) is 6.12. The average Bonchev–Trinajstić information content (AvgIpc) is 3.24. The van der Waals surface area contributed by atoms with Crippen LogP contribution >= 0.6 is 0 Å². The topological polar surface area (TPSA) is 84.2 Å². The van der Waals surface area contributed by atoms with Crippen molar-refractivity contribution in [3.8, 4) is 0 Å². The molecule has 0 radical (unpaired) electrons. The number of hydrogen-bond donors (Lipinski definition) is 0. The van der Waals surface area contributed by atoms with Crippen molar-refractivity contribution < 1.29 is 28.5 Å². The van der Waals surface area contributed by atoms with Gasteiger partial charge in [-0.2, -0.15) is 0 Å². The molecule has 6 nitrogen and oxygen atoms in total. The Morgan fingerprint density at radius 2 is 1.47 bits per heavy atom. The van der Waals surface area contributed by atoms with Crippen molar-refractivity contribution in [3.63, 3.8) is 0 Å². The quantitative estimate of drug-likeness (QED) is 0.487. The normalized spacial score (nSPS) is 24.0. The van der Waals surface area contributed by atoms with Gasteiger partial charge in [-0.1, -0.05) is 13.3 Å². The van der Waals surface area contributed by atoms with E-state index in [2.05, 4.69) is 13.5 Å². The molecular weight excluding hydrogens is 268 g/mol. The molecule has 2 rings (SSSR count). The summed E-state index contributed by atoms with van der Waals surface area (Å²) in [6.07, 6.45) is 1.93. The van der Waals surface area contributed by atoms with E-state index in [1.54, 1.807) is 14.2 Å². The van der Waals surface area contributed by atoms with Crippen LogP contribution in [0.2, 0.25) is 12.6 Å². The van der Waals surface area contributed by atoms with Gasteiger partial charge in [0.05, 0.1) is 26.4 Å². The molecule has 2 saturated heterocycles. The summed E-state index contributed by atoms with van der Waals surface area (Å²) in [6, 6.07) is 1.08. The van der Waals surface area contributed by atoms with Gasteiger partial charge < -0.3 is 28.5 Å². The highest BCUT2D eigenvalue weighted by Crippen LogP contribution is 2.13. The van der Waals surface area contributed by atoms with E-state index in [0.717, 1.165) is 38.9 Å². The van der Waals surface area contributed by atoms with E-state index in [1.165, 1.54) is 0 Å². The molecule has 0 saturated carbocycles. The van der Waals surface area contributed by atoms with Crippen LogP contribution in [-0.2, 0) is 23.1 Å². The maximum atomic E-state index is 5.24. The highest BCUT2D eigenvalue weighted by atomic mass is 28.4. The molecule has 0 bridgehead atoms. The summed E-state index contributed by atoms with van der Waals surface area (Å²) in [5, 5.41) is 0. The molecule has 2 fully saturated rings. The molecule has 0 spiro atoms. The average molecular weight is 296 g/mol. The van der Waals surface area contributed by atoms with E-state index in [0.29, 0.717) is 12.2 Å². The van der Waals surface area contributed by atoms with Crippen molar-refractivity contribution in [2.75, 3.05) is 40.6 Å². The molecule has 2 unspecified atom stereocenters. The predicted molar refractivity (Wildman–Crippen MR) is 74.6 cm³/mol. The Labute approximate surface area is 116 Å². The fraction of sp³-hybridized carbons (Fsp3) is 1.00. The minimum Gasteiger partial charge on any atom is -0.412 e. The van der Waals surface area contributed by atoms with Crippen LogP contribution in [0.3, 0.4) is 0 Å². The van der Waals surface area contributed by atoms with Gasteiger partial charge in [0.1, 0.15) is 12.2 Å². The van der Waals surface area contributed by atoms with Gasteiger partial charge in [-0.15, -0.1) is 0 Å². The second-order valence-corrected chi connectivity index (χ2v) is 8.32. The number of ether oxygens (including phenoxy) is 3. The molecule has 0 amide bonds. The van der Waals surface area contributed by atoms with Crippen molar-refractivity contribution in [1.82, 2.24) is 0 Å². The maximum absolute atomic E-state index is 5.24. The van der Waals surface area contributed by atoms with Gasteiger partial charge in [0.2, 0.25) is 0 Å². The summed E-state index contributed by atoms with van der Waals surface area (Å²) < 4.78 is 25.6. The minimum absolute atomic E-state index is 0.